The van der Waals surface area contributed by atoms with Crippen molar-refractivity contribution in [3.63, 3.8) is 0 Å². The van der Waals surface area contributed by atoms with Crippen LogP contribution < -0.4 is 0 Å². The Kier molecular flexibility index (Phi) is 3.89. The molecular formula is C21H26BrN5O. The van der Waals surface area contributed by atoms with Gasteiger partial charge in [0.2, 0.25) is 0 Å². The number of nitrogens with zero attached hydrogens (tertiary/aromatic N) is 5. The topological polar surface area (TPSA) is 53.7 Å². The van der Waals surface area contributed by atoms with Gasteiger partial charge in [-0.15, -0.1) is 0 Å². The number of fused-ring (bicyclic) bond motifs is 1. The molecule has 1 amide bonds. The summed E-state index contributed by atoms with van der Waals surface area (Å²) in [6.45, 7) is 3.64. The number of amides is 1. The molecule has 5 fully saturated rings. The van der Waals surface area contributed by atoms with Crippen molar-refractivity contribution in [3.8, 4) is 0 Å². The summed E-state index contributed by atoms with van der Waals surface area (Å²) in [5.74, 6) is 2.94. The Morgan fingerprint density at radius 3 is 2.32 bits per heavy atom. The molecule has 0 radical (unpaired) electrons. The molecule has 2 aromatic rings. The molecule has 0 unspecified atom stereocenters. The van der Waals surface area contributed by atoms with Gasteiger partial charge in [-0.05, 0) is 72.2 Å². The fraction of sp³-hybridized carbons (Fsp3) is 0.667. The minimum atomic E-state index is 0.0341. The minimum Gasteiger partial charge on any atom is -0.335 e. The average Bonchev–Trinajstić information content (AvgIpc) is 3.09. The van der Waals surface area contributed by atoms with E-state index >= 15 is 0 Å². The number of piperazine rings is 1. The van der Waals surface area contributed by atoms with Crippen LogP contribution in [0.15, 0.2) is 22.9 Å². The van der Waals surface area contributed by atoms with Crippen LogP contribution in [0.2, 0.25) is 0 Å². The van der Waals surface area contributed by atoms with E-state index in [4.69, 9.17) is 0 Å². The van der Waals surface area contributed by atoms with Crippen LogP contribution in [-0.2, 0) is 0 Å². The molecule has 0 spiro atoms. The summed E-state index contributed by atoms with van der Waals surface area (Å²) in [6.07, 6.45) is 12.2. The van der Waals surface area contributed by atoms with Crippen LogP contribution in [0.5, 0.6) is 0 Å². The maximum Gasteiger partial charge on any atom is 0.274 e. The summed E-state index contributed by atoms with van der Waals surface area (Å²) >= 11 is 3.40. The molecule has 1 aliphatic heterocycles. The first-order chi connectivity index (χ1) is 13.6. The van der Waals surface area contributed by atoms with Crippen molar-refractivity contribution >= 4 is 27.5 Å². The van der Waals surface area contributed by atoms with Gasteiger partial charge in [-0.25, -0.2) is 9.50 Å². The second-order valence-corrected chi connectivity index (χ2v) is 10.4. The summed E-state index contributed by atoms with van der Waals surface area (Å²) in [5.41, 5.74) is 1.65. The van der Waals surface area contributed by atoms with E-state index < -0.39 is 0 Å². The first-order valence-corrected chi connectivity index (χ1v) is 11.4. The van der Waals surface area contributed by atoms with Crippen molar-refractivity contribution in [2.24, 2.45) is 17.8 Å². The van der Waals surface area contributed by atoms with Crippen molar-refractivity contribution in [2.75, 3.05) is 26.2 Å². The second-order valence-electron chi connectivity index (χ2n) is 9.53. The predicted octanol–water partition coefficient (Wildman–Crippen LogP) is 3.22. The van der Waals surface area contributed by atoms with Crippen molar-refractivity contribution in [3.05, 3.63) is 28.6 Å². The lowest BCUT2D eigenvalue weighted by molar-refractivity contribution is -0.0987. The summed E-state index contributed by atoms with van der Waals surface area (Å²) in [5, 5.41) is 4.44. The quantitative estimate of drug-likeness (QED) is 0.714. The lowest BCUT2D eigenvalue weighted by atomic mass is 9.52. The molecule has 5 aliphatic rings. The van der Waals surface area contributed by atoms with E-state index in [2.05, 4.69) is 30.9 Å². The molecule has 4 aliphatic carbocycles. The summed E-state index contributed by atoms with van der Waals surface area (Å²) in [7, 11) is 0. The van der Waals surface area contributed by atoms with E-state index in [0.717, 1.165) is 48.4 Å². The molecule has 7 rings (SSSR count). The van der Waals surface area contributed by atoms with Gasteiger partial charge in [0.05, 0.1) is 4.47 Å². The van der Waals surface area contributed by atoms with Crippen LogP contribution in [0.25, 0.3) is 5.65 Å². The fourth-order valence-electron chi connectivity index (χ4n) is 6.96. The molecule has 0 atom stereocenters. The van der Waals surface area contributed by atoms with E-state index in [1.165, 1.54) is 38.5 Å². The lowest BCUT2D eigenvalue weighted by Crippen LogP contribution is -2.64. The van der Waals surface area contributed by atoms with E-state index in [1.807, 2.05) is 11.1 Å². The average molecular weight is 444 g/mol. The van der Waals surface area contributed by atoms with E-state index in [0.29, 0.717) is 16.9 Å². The molecular weight excluding hydrogens is 418 g/mol. The standard InChI is InChI=1S/C21H26BrN5O/c22-17-12-23-19-8-18(24-27(19)13-17)20(28)25-1-3-26(4-2-25)21-9-14-5-15(10-21)7-16(6-14)11-21/h8,12-16H,1-7,9-11H2. The molecule has 0 aromatic carbocycles. The van der Waals surface area contributed by atoms with Crippen LogP contribution in [0, 0.1) is 17.8 Å². The SMILES string of the molecule is O=C(c1cc2ncc(Br)cn2n1)N1CCN(C23CC4CC(CC(C4)C2)C3)CC1. The van der Waals surface area contributed by atoms with Crippen molar-refractivity contribution < 1.29 is 4.79 Å². The Labute approximate surface area is 173 Å². The number of hydrogen-bond donors (Lipinski definition) is 0. The number of hydrogen-bond acceptors (Lipinski definition) is 4. The molecule has 1 saturated heterocycles. The van der Waals surface area contributed by atoms with Crippen LogP contribution in [0.1, 0.15) is 49.0 Å². The summed E-state index contributed by atoms with van der Waals surface area (Å²) in [6, 6.07) is 1.79. The third-order valence-electron chi connectivity index (χ3n) is 7.74. The smallest absolute Gasteiger partial charge is 0.274 e. The molecule has 4 saturated carbocycles. The van der Waals surface area contributed by atoms with Gasteiger partial charge in [0.1, 0.15) is 0 Å². The molecule has 7 heteroatoms. The predicted molar refractivity (Wildman–Crippen MR) is 109 cm³/mol. The number of carbonyl (C=O) groups is 1. The summed E-state index contributed by atoms with van der Waals surface area (Å²) < 4.78 is 2.52. The van der Waals surface area contributed by atoms with E-state index in [1.54, 1.807) is 16.8 Å². The van der Waals surface area contributed by atoms with Gasteiger partial charge in [-0.1, -0.05) is 0 Å². The highest BCUT2D eigenvalue weighted by atomic mass is 79.9. The maximum atomic E-state index is 13.0. The first kappa shape index (κ1) is 17.4. The van der Waals surface area contributed by atoms with Crippen LogP contribution in [0.3, 0.4) is 0 Å². The highest BCUT2D eigenvalue weighted by Gasteiger charge is 2.53. The van der Waals surface area contributed by atoms with E-state index in [-0.39, 0.29) is 5.91 Å². The highest BCUT2D eigenvalue weighted by Crippen LogP contribution is 2.57. The van der Waals surface area contributed by atoms with Crippen LogP contribution in [0.4, 0.5) is 0 Å². The van der Waals surface area contributed by atoms with Gasteiger partial charge in [0, 0.05) is 50.2 Å². The van der Waals surface area contributed by atoms with Crippen molar-refractivity contribution in [1.82, 2.24) is 24.4 Å². The molecule has 4 bridgehead atoms. The first-order valence-electron chi connectivity index (χ1n) is 10.6. The molecule has 6 nitrogen and oxygen atoms in total. The Balaban J connectivity index is 1.16. The molecule has 2 aromatic heterocycles. The Bertz CT molecular complexity index is 897. The third kappa shape index (κ3) is 2.73. The van der Waals surface area contributed by atoms with Crippen molar-refractivity contribution in [1.29, 1.82) is 0 Å². The van der Waals surface area contributed by atoms with Gasteiger partial charge in [0.15, 0.2) is 11.3 Å². The van der Waals surface area contributed by atoms with Gasteiger partial charge in [-0.3, -0.25) is 9.69 Å². The molecule has 28 heavy (non-hydrogen) atoms. The zero-order valence-electron chi connectivity index (χ0n) is 16.1. The number of carbonyl (C=O) groups excluding carboxylic acids is 1. The second kappa shape index (κ2) is 6.26. The Morgan fingerprint density at radius 2 is 1.68 bits per heavy atom. The van der Waals surface area contributed by atoms with Gasteiger partial charge >= 0.3 is 0 Å². The highest BCUT2D eigenvalue weighted by molar-refractivity contribution is 9.10. The maximum absolute atomic E-state index is 13.0. The fourth-order valence-corrected chi connectivity index (χ4v) is 7.25. The zero-order chi connectivity index (χ0) is 18.9. The van der Waals surface area contributed by atoms with Crippen LogP contribution >= 0.6 is 15.9 Å². The number of halogens is 1. The monoisotopic (exact) mass is 443 g/mol. The Hall–Kier alpha value is -1.47. The van der Waals surface area contributed by atoms with Crippen molar-refractivity contribution in [2.45, 2.75) is 44.1 Å². The van der Waals surface area contributed by atoms with Gasteiger partial charge in [0.25, 0.3) is 5.91 Å². The molecule has 3 heterocycles. The third-order valence-corrected chi connectivity index (χ3v) is 8.15. The number of aromatic nitrogens is 3. The normalized spacial score (nSPS) is 35.0. The Morgan fingerprint density at radius 1 is 1.04 bits per heavy atom. The summed E-state index contributed by atoms with van der Waals surface area (Å²) in [4.78, 5) is 22.1. The molecule has 148 valence electrons. The van der Waals surface area contributed by atoms with E-state index in [9.17, 15) is 4.79 Å². The minimum absolute atomic E-state index is 0.0341. The lowest BCUT2D eigenvalue weighted by Gasteiger charge is -2.61. The largest absolute Gasteiger partial charge is 0.335 e. The van der Waals surface area contributed by atoms with Crippen LogP contribution in [-0.4, -0.2) is 62.0 Å². The van der Waals surface area contributed by atoms with Gasteiger partial charge < -0.3 is 4.90 Å². The van der Waals surface area contributed by atoms with Gasteiger partial charge in [-0.2, -0.15) is 5.10 Å². The number of rotatable bonds is 2. The zero-order valence-corrected chi connectivity index (χ0v) is 17.6. The molecule has 0 N–H and O–H groups in total.